The molecule has 0 spiro atoms. The third-order valence-electron chi connectivity index (χ3n) is 5.67. The molecule has 0 fully saturated rings. The molecular formula is C25H27N5O4. The second-order valence-corrected chi connectivity index (χ2v) is 7.98. The Labute approximate surface area is 197 Å². The highest BCUT2D eigenvalue weighted by Crippen LogP contribution is 2.30. The average molecular weight is 462 g/mol. The summed E-state index contributed by atoms with van der Waals surface area (Å²) in [5, 5.41) is 10.1. The molecule has 0 unspecified atom stereocenters. The van der Waals surface area contributed by atoms with Crippen LogP contribution >= 0.6 is 0 Å². The molecule has 9 heteroatoms. The Morgan fingerprint density at radius 2 is 1.74 bits per heavy atom. The maximum absolute atomic E-state index is 13.2. The number of rotatable bonds is 7. The number of ether oxygens (including phenoxy) is 1. The largest absolute Gasteiger partial charge is 0.497 e. The average Bonchev–Trinajstić information content (AvgIpc) is 3.45. The Hall–Kier alpha value is -4.14. The van der Waals surface area contributed by atoms with Crippen molar-refractivity contribution < 1.29 is 19.1 Å². The first-order chi connectivity index (χ1) is 16.5. The standard InChI is InChI=1S/C25H27N5O4/c1-3-4-14-26-25(33)29-15-20-21(16-29)30(24(32)18-8-6-5-7-9-18)28-22(20)27-23(31)17-10-12-19(34-2)13-11-17/h5-13H,3-4,14-16H2,1-2H3,(H,26,33)(H,27,28,31). The molecule has 34 heavy (non-hydrogen) atoms. The van der Waals surface area contributed by atoms with E-state index in [1.54, 1.807) is 60.5 Å². The summed E-state index contributed by atoms with van der Waals surface area (Å²) in [6.45, 7) is 3.10. The van der Waals surface area contributed by atoms with Gasteiger partial charge in [-0.1, -0.05) is 31.5 Å². The van der Waals surface area contributed by atoms with E-state index in [2.05, 4.69) is 22.7 Å². The zero-order chi connectivity index (χ0) is 24.1. The molecule has 1 aliphatic heterocycles. The van der Waals surface area contributed by atoms with Crippen LogP contribution in [-0.4, -0.2) is 46.2 Å². The molecule has 4 rings (SSSR count). The van der Waals surface area contributed by atoms with Crippen LogP contribution in [0.3, 0.4) is 0 Å². The maximum atomic E-state index is 13.2. The van der Waals surface area contributed by atoms with Crippen molar-refractivity contribution in [3.8, 4) is 5.75 Å². The molecule has 176 valence electrons. The van der Waals surface area contributed by atoms with Crippen LogP contribution in [0.25, 0.3) is 0 Å². The number of carbonyl (C=O) groups is 3. The maximum Gasteiger partial charge on any atom is 0.318 e. The van der Waals surface area contributed by atoms with Crippen molar-refractivity contribution in [2.24, 2.45) is 0 Å². The highest BCUT2D eigenvalue weighted by Gasteiger charge is 2.33. The monoisotopic (exact) mass is 461 g/mol. The predicted molar refractivity (Wildman–Crippen MR) is 127 cm³/mol. The van der Waals surface area contributed by atoms with Gasteiger partial charge in [-0.05, 0) is 42.8 Å². The van der Waals surface area contributed by atoms with Crippen LogP contribution in [0.15, 0.2) is 54.6 Å². The molecule has 3 aromatic rings. The van der Waals surface area contributed by atoms with Crippen LogP contribution in [0.2, 0.25) is 0 Å². The highest BCUT2D eigenvalue weighted by atomic mass is 16.5. The Morgan fingerprint density at radius 3 is 2.41 bits per heavy atom. The first-order valence-corrected chi connectivity index (χ1v) is 11.2. The lowest BCUT2D eigenvalue weighted by Crippen LogP contribution is -2.37. The summed E-state index contributed by atoms with van der Waals surface area (Å²) in [4.78, 5) is 40.3. The van der Waals surface area contributed by atoms with E-state index in [1.165, 1.54) is 4.68 Å². The van der Waals surface area contributed by atoms with E-state index in [4.69, 9.17) is 4.74 Å². The number of unbranched alkanes of at least 4 members (excludes halogenated alkanes) is 1. The van der Waals surface area contributed by atoms with Crippen molar-refractivity contribution in [3.63, 3.8) is 0 Å². The van der Waals surface area contributed by atoms with E-state index in [0.717, 1.165) is 12.8 Å². The van der Waals surface area contributed by atoms with E-state index in [9.17, 15) is 14.4 Å². The number of nitrogens with zero attached hydrogens (tertiary/aromatic N) is 3. The third kappa shape index (κ3) is 4.78. The molecule has 9 nitrogen and oxygen atoms in total. The number of amides is 3. The van der Waals surface area contributed by atoms with Crippen LogP contribution in [-0.2, 0) is 13.1 Å². The van der Waals surface area contributed by atoms with Crippen molar-refractivity contribution in [1.29, 1.82) is 0 Å². The van der Waals surface area contributed by atoms with Crippen LogP contribution in [0.1, 0.15) is 51.7 Å². The van der Waals surface area contributed by atoms with Crippen LogP contribution in [0, 0.1) is 0 Å². The van der Waals surface area contributed by atoms with Gasteiger partial charge >= 0.3 is 6.03 Å². The van der Waals surface area contributed by atoms with Crippen molar-refractivity contribution in [2.75, 3.05) is 19.0 Å². The highest BCUT2D eigenvalue weighted by molar-refractivity contribution is 6.05. The zero-order valence-corrected chi connectivity index (χ0v) is 19.2. The normalized spacial score (nSPS) is 12.2. The molecule has 3 amide bonds. The van der Waals surface area contributed by atoms with Gasteiger partial charge in [-0.25, -0.2) is 4.79 Å². The number of hydrogen-bond acceptors (Lipinski definition) is 5. The smallest absolute Gasteiger partial charge is 0.318 e. The number of hydrogen-bond donors (Lipinski definition) is 2. The summed E-state index contributed by atoms with van der Waals surface area (Å²) >= 11 is 0. The summed E-state index contributed by atoms with van der Waals surface area (Å²) in [6, 6.07) is 15.3. The number of benzene rings is 2. The van der Waals surface area contributed by atoms with Gasteiger partial charge in [0.1, 0.15) is 5.75 Å². The molecule has 2 aromatic carbocycles. The third-order valence-corrected chi connectivity index (χ3v) is 5.67. The molecule has 2 heterocycles. The minimum absolute atomic E-state index is 0.212. The summed E-state index contributed by atoms with van der Waals surface area (Å²) < 4.78 is 6.43. The SMILES string of the molecule is CCCCNC(=O)N1Cc2c(NC(=O)c3ccc(OC)cc3)nn(C(=O)c3ccccc3)c2C1. The van der Waals surface area contributed by atoms with Gasteiger partial charge in [0.15, 0.2) is 5.82 Å². The first-order valence-electron chi connectivity index (χ1n) is 11.2. The van der Waals surface area contributed by atoms with Crippen molar-refractivity contribution in [3.05, 3.63) is 77.0 Å². The van der Waals surface area contributed by atoms with Gasteiger partial charge < -0.3 is 20.3 Å². The molecule has 0 saturated heterocycles. The fraction of sp³-hybridized carbons (Fsp3) is 0.280. The Balaban J connectivity index is 1.61. The first kappa shape index (κ1) is 23.0. The van der Waals surface area contributed by atoms with Gasteiger partial charge in [0.25, 0.3) is 11.8 Å². The lowest BCUT2D eigenvalue weighted by atomic mass is 10.2. The van der Waals surface area contributed by atoms with E-state index >= 15 is 0 Å². The number of methoxy groups -OCH3 is 1. The van der Waals surface area contributed by atoms with Crippen LogP contribution < -0.4 is 15.4 Å². The molecule has 0 atom stereocenters. The van der Waals surface area contributed by atoms with Gasteiger partial charge in [-0.2, -0.15) is 4.68 Å². The number of anilines is 1. The van der Waals surface area contributed by atoms with Gasteiger partial charge in [-0.15, -0.1) is 5.10 Å². The molecule has 2 N–H and O–H groups in total. The summed E-state index contributed by atoms with van der Waals surface area (Å²) in [7, 11) is 1.55. The quantitative estimate of drug-likeness (QED) is 0.523. The van der Waals surface area contributed by atoms with Gasteiger partial charge in [0.2, 0.25) is 0 Å². The fourth-order valence-electron chi connectivity index (χ4n) is 3.76. The van der Waals surface area contributed by atoms with Gasteiger partial charge in [0, 0.05) is 23.2 Å². The minimum atomic E-state index is -0.367. The van der Waals surface area contributed by atoms with E-state index in [-0.39, 0.29) is 36.8 Å². The van der Waals surface area contributed by atoms with Crippen LogP contribution in [0.5, 0.6) is 5.75 Å². The van der Waals surface area contributed by atoms with E-state index < -0.39 is 0 Å². The Morgan fingerprint density at radius 1 is 1.00 bits per heavy atom. The lowest BCUT2D eigenvalue weighted by molar-refractivity contribution is 0.0937. The second kappa shape index (κ2) is 10.2. The van der Waals surface area contributed by atoms with Crippen molar-refractivity contribution >= 4 is 23.7 Å². The number of carbonyl (C=O) groups excluding carboxylic acids is 3. The minimum Gasteiger partial charge on any atom is -0.497 e. The zero-order valence-electron chi connectivity index (χ0n) is 19.2. The van der Waals surface area contributed by atoms with Crippen molar-refractivity contribution in [1.82, 2.24) is 20.0 Å². The van der Waals surface area contributed by atoms with Gasteiger partial charge in [0.05, 0.1) is 25.9 Å². The molecule has 1 aliphatic rings. The second-order valence-electron chi connectivity index (χ2n) is 7.98. The molecular weight excluding hydrogens is 434 g/mol. The number of nitrogens with one attached hydrogen (secondary N) is 2. The molecule has 0 aliphatic carbocycles. The van der Waals surface area contributed by atoms with Gasteiger partial charge in [-0.3, -0.25) is 9.59 Å². The Bertz CT molecular complexity index is 1190. The predicted octanol–water partition coefficient (Wildman–Crippen LogP) is 3.66. The summed E-state index contributed by atoms with van der Waals surface area (Å²) in [5.41, 5.74) is 2.12. The molecule has 0 bridgehead atoms. The van der Waals surface area contributed by atoms with Crippen LogP contribution in [0.4, 0.5) is 10.6 Å². The number of fused-ring (bicyclic) bond motifs is 1. The topological polar surface area (TPSA) is 106 Å². The Kier molecular flexibility index (Phi) is 6.91. The lowest BCUT2D eigenvalue weighted by Gasteiger charge is -2.17. The number of aromatic nitrogens is 2. The fourth-order valence-corrected chi connectivity index (χ4v) is 3.76. The molecule has 0 radical (unpaired) electrons. The number of urea groups is 1. The summed E-state index contributed by atoms with van der Waals surface area (Å²) in [6.07, 6.45) is 1.86. The van der Waals surface area contributed by atoms with E-state index in [0.29, 0.717) is 34.7 Å². The molecule has 0 saturated carbocycles. The van der Waals surface area contributed by atoms with Crippen molar-refractivity contribution in [2.45, 2.75) is 32.9 Å². The summed E-state index contributed by atoms with van der Waals surface area (Å²) in [5.74, 6) is 0.215. The van der Waals surface area contributed by atoms with E-state index in [1.807, 2.05) is 6.07 Å². The molecule has 1 aromatic heterocycles.